The van der Waals surface area contributed by atoms with Crippen LogP contribution in [0.3, 0.4) is 0 Å². The smallest absolute Gasteiger partial charge is 0.298 e. The average Bonchev–Trinajstić information content (AvgIpc) is 2.79. The molecule has 0 radical (unpaired) electrons. The van der Waals surface area contributed by atoms with Gasteiger partial charge in [-0.05, 0) is 12.8 Å². The molecule has 1 aliphatic carbocycles. The van der Waals surface area contributed by atoms with Crippen molar-refractivity contribution in [3.63, 3.8) is 0 Å². The van der Waals surface area contributed by atoms with Crippen molar-refractivity contribution in [2.24, 2.45) is 0 Å². The molecule has 13 heavy (non-hydrogen) atoms. The van der Waals surface area contributed by atoms with Crippen LogP contribution >= 0.6 is 0 Å². The standard InChI is InChI=1S/C8H12F3NO/c1-2-6(13)7(3-4-7)12-5-8(9,10)11/h12H,2-5H2,1H3. The Morgan fingerprint density at radius 3 is 2.31 bits per heavy atom. The molecule has 2 nitrogen and oxygen atoms in total. The van der Waals surface area contributed by atoms with Gasteiger partial charge in [0.25, 0.3) is 0 Å². The third-order valence-corrected chi connectivity index (χ3v) is 2.23. The summed E-state index contributed by atoms with van der Waals surface area (Å²) in [5.41, 5.74) is -0.843. The minimum absolute atomic E-state index is 0.114. The van der Waals surface area contributed by atoms with E-state index in [1.165, 1.54) is 0 Å². The molecule has 0 bridgehead atoms. The highest BCUT2D eigenvalue weighted by Crippen LogP contribution is 2.37. The van der Waals surface area contributed by atoms with Crippen molar-refractivity contribution < 1.29 is 18.0 Å². The number of carbonyl (C=O) groups excluding carboxylic acids is 1. The molecule has 0 amide bonds. The van der Waals surface area contributed by atoms with Crippen LogP contribution in [0.25, 0.3) is 0 Å². The summed E-state index contributed by atoms with van der Waals surface area (Å²) < 4.78 is 35.4. The second kappa shape index (κ2) is 3.29. The van der Waals surface area contributed by atoms with Crippen LogP contribution in [0.4, 0.5) is 13.2 Å². The van der Waals surface area contributed by atoms with Crippen LogP contribution in [0.2, 0.25) is 0 Å². The highest BCUT2D eigenvalue weighted by molar-refractivity contribution is 5.91. The van der Waals surface area contributed by atoms with Gasteiger partial charge >= 0.3 is 6.18 Å². The predicted octanol–water partition coefficient (Wildman–Crippen LogP) is 1.65. The van der Waals surface area contributed by atoms with Crippen molar-refractivity contribution in [1.82, 2.24) is 5.32 Å². The minimum Gasteiger partial charge on any atom is -0.298 e. The Balaban J connectivity index is 2.41. The van der Waals surface area contributed by atoms with E-state index in [9.17, 15) is 18.0 Å². The molecule has 5 heteroatoms. The van der Waals surface area contributed by atoms with Gasteiger partial charge in [-0.2, -0.15) is 13.2 Å². The lowest BCUT2D eigenvalue weighted by atomic mass is 10.1. The monoisotopic (exact) mass is 195 g/mol. The van der Waals surface area contributed by atoms with Gasteiger partial charge in [-0.1, -0.05) is 6.92 Å². The number of Topliss-reactive ketones (excluding diaryl/α,β-unsaturated/α-hetero) is 1. The van der Waals surface area contributed by atoms with E-state index in [1.807, 2.05) is 0 Å². The van der Waals surface area contributed by atoms with Gasteiger partial charge in [0.2, 0.25) is 0 Å². The van der Waals surface area contributed by atoms with Crippen molar-refractivity contribution in [2.45, 2.75) is 37.9 Å². The van der Waals surface area contributed by atoms with Crippen LogP contribution in [-0.4, -0.2) is 24.0 Å². The molecule has 76 valence electrons. The summed E-state index contributed by atoms with van der Waals surface area (Å²) in [6.07, 6.45) is -2.86. The zero-order valence-corrected chi connectivity index (χ0v) is 7.37. The maximum Gasteiger partial charge on any atom is 0.401 e. The molecule has 1 N–H and O–H groups in total. The molecule has 0 aromatic carbocycles. The average molecular weight is 195 g/mol. The number of rotatable bonds is 4. The third-order valence-electron chi connectivity index (χ3n) is 2.23. The number of nitrogens with one attached hydrogen (secondary N) is 1. The van der Waals surface area contributed by atoms with Gasteiger partial charge in [0.15, 0.2) is 5.78 Å². The molecule has 0 spiro atoms. The molecule has 1 aliphatic rings. The van der Waals surface area contributed by atoms with Gasteiger partial charge < -0.3 is 0 Å². The molecule has 0 atom stereocenters. The number of alkyl halides is 3. The van der Waals surface area contributed by atoms with Gasteiger partial charge in [0, 0.05) is 6.42 Å². The fourth-order valence-electron chi connectivity index (χ4n) is 1.29. The van der Waals surface area contributed by atoms with Gasteiger partial charge in [-0.15, -0.1) is 0 Å². The van der Waals surface area contributed by atoms with Crippen molar-refractivity contribution in [3.05, 3.63) is 0 Å². The van der Waals surface area contributed by atoms with Gasteiger partial charge in [0.05, 0.1) is 12.1 Å². The summed E-state index contributed by atoms with van der Waals surface area (Å²) >= 11 is 0. The quantitative estimate of drug-likeness (QED) is 0.739. The van der Waals surface area contributed by atoms with E-state index >= 15 is 0 Å². The van der Waals surface area contributed by atoms with Crippen LogP contribution in [0, 0.1) is 0 Å². The molecule has 0 saturated heterocycles. The fraction of sp³-hybridized carbons (Fsp3) is 0.875. The Kier molecular flexibility index (Phi) is 2.66. The number of carbonyl (C=O) groups is 1. The summed E-state index contributed by atoms with van der Waals surface area (Å²) in [5, 5.41) is 2.29. The molecular weight excluding hydrogens is 183 g/mol. The van der Waals surface area contributed by atoms with E-state index in [0.717, 1.165) is 0 Å². The van der Waals surface area contributed by atoms with E-state index < -0.39 is 18.3 Å². The Hall–Kier alpha value is -0.580. The lowest BCUT2D eigenvalue weighted by molar-refractivity contribution is -0.132. The van der Waals surface area contributed by atoms with Crippen molar-refractivity contribution in [1.29, 1.82) is 0 Å². The topological polar surface area (TPSA) is 29.1 Å². The Morgan fingerprint density at radius 1 is 1.46 bits per heavy atom. The number of ketones is 1. The van der Waals surface area contributed by atoms with E-state index in [1.54, 1.807) is 6.92 Å². The van der Waals surface area contributed by atoms with Crippen LogP contribution in [0.5, 0.6) is 0 Å². The Labute approximate surface area is 74.5 Å². The van der Waals surface area contributed by atoms with Gasteiger partial charge in [0.1, 0.15) is 0 Å². The van der Waals surface area contributed by atoms with Crippen molar-refractivity contribution in [3.8, 4) is 0 Å². The maximum absolute atomic E-state index is 11.8. The lowest BCUT2D eigenvalue weighted by Gasteiger charge is -2.16. The number of halogens is 3. The molecule has 0 unspecified atom stereocenters. The largest absolute Gasteiger partial charge is 0.401 e. The van der Waals surface area contributed by atoms with E-state index in [-0.39, 0.29) is 5.78 Å². The first-order valence-electron chi connectivity index (χ1n) is 4.25. The fourth-order valence-corrected chi connectivity index (χ4v) is 1.29. The Morgan fingerprint density at radius 2 is 2.00 bits per heavy atom. The summed E-state index contributed by atoms with van der Waals surface area (Å²) in [5.74, 6) is -0.114. The first-order valence-corrected chi connectivity index (χ1v) is 4.25. The summed E-state index contributed by atoms with van der Waals surface area (Å²) in [4.78, 5) is 11.2. The zero-order chi connectivity index (χ0) is 10.1. The van der Waals surface area contributed by atoms with Crippen LogP contribution in [-0.2, 0) is 4.79 Å². The number of hydrogen-bond acceptors (Lipinski definition) is 2. The molecule has 0 aliphatic heterocycles. The SMILES string of the molecule is CCC(=O)C1(NCC(F)(F)F)CC1. The third kappa shape index (κ3) is 2.69. The highest BCUT2D eigenvalue weighted by atomic mass is 19.4. The lowest BCUT2D eigenvalue weighted by Crippen LogP contribution is -2.43. The summed E-state index contributed by atoms with van der Waals surface area (Å²) in [6.45, 7) is 0.594. The Bertz CT molecular complexity index is 208. The molecule has 0 aromatic rings. The second-order valence-corrected chi connectivity index (χ2v) is 3.33. The van der Waals surface area contributed by atoms with E-state index in [4.69, 9.17) is 0 Å². The summed E-state index contributed by atoms with van der Waals surface area (Å²) in [7, 11) is 0. The van der Waals surface area contributed by atoms with Crippen LogP contribution in [0.1, 0.15) is 26.2 Å². The first-order chi connectivity index (χ1) is 5.90. The molecule has 1 fully saturated rings. The molecule has 0 aromatic heterocycles. The molecular formula is C8H12F3NO. The summed E-state index contributed by atoms with van der Waals surface area (Å²) in [6, 6.07) is 0. The zero-order valence-electron chi connectivity index (χ0n) is 7.37. The van der Waals surface area contributed by atoms with Gasteiger partial charge in [-0.3, -0.25) is 10.1 Å². The number of hydrogen-bond donors (Lipinski definition) is 1. The minimum atomic E-state index is -4.23. The van der Waals surface area contributed by atoms with E-state index in [0.29, 0.717) is 19.3 Å². The molecule has 1 saturated carbocycles. The van der Waals surface area contributed by atoms with Crippen LogP contribution < -0.4 is 5.32 Å². The van der Waals surface area contributed by atoms with Crippen molar-refractivity contribution in [2.75, 3.05) is 6.54 Å². The molecule has 1 rings (SSSR count). The van der Waals surface area contributed by atoms with Crippen molar-refractivity contribution >= 4 is 5.78 Å². The molecule has 0 heterocycles. The maximum atomic E-state index is 11.8. The van der Waals surface area contributed by atoms with E-state index in [2.05, 4.69) is 5.32 Å². The van der Waals surface area contributed by atoms with Gasteiger partial charge in [-0.25, -0.2) is 0 Å². The first kappa shape index (κ1) is 10.5. The second-order valence-electron chi connectivity index (χ2n) is 3.33. The highest BCUT2D eigenvalue weighted by Gasteiger charge is 2.49. The normalized spacial score (nSPS) is 20.0. The van der Waals surface area contributed by atoms with Crippen LogP contribution in [0.15, 0.2) is 0 Å². The predicted molar refractivity (Wildman–Crippen MR) is 41.3 cm³/mol.